The molecule has 1 aromatic heterocycles. The van der Waals surface area contributed by atoms with Crippen LogP contribution in [-0.4, -0.2) is 34.0 Å². The van der Waals surface area contributed by atoms with E-state index < -0.39 is 0 Å². The first-order valence-electron chi connectivity index (χ1n) is 6.95. The summed E-state index contributed by atoms with van der Waals surface area (Å²) >= 11 is 2.03. The maximum absolute atomic E-state index is 5.65. The molecule has 0 saturated carbocycles. The third-order valence-electron chi connectivity index (χ3n) is 3.82. The van der Waals surface area contributed by atoms with Crippen molar-refractivity contribution in [3.05, 3.63) is 35.9 Å². The second-order valence-electron chi connectivity index (χ2n) is 5.23. The van der Waals surface area contributed by atoms with E-state index in [1.807, 2.05) is 30.0 Å². The zero-order valence-electron chi connectivity index (χ0n) is 11.7. The van der Waals surface area contributed by atoms with E-state index in [4.69, 9.17) is 5.84 Å². The van der Waals surface area contributed by atoms with E-state index in [1.54, 1.807) is 0 Å². The summed E-state index contributed by atoms with van der Waals surface area (Å²) in [6.07, 6.45) is 0. The molecule has 5 heteroatoms. The number of fused-ring (bicyclic) bond motifs is 1. The number of rotatable bonds is 3. The molecule has 0 bridgehead atoms. The number of hydrogen-bond acceptors (Lipinski definition) is 5. The lowest BCUT2D eigenvalue weighted by molar-refractivity contribution is 0.224. The van der Waals surface area contributed by atoms with Crippen molar-refractivity contribution in [2.45, 2.75) is 19.5 Å². The SMILES string of the molecule is CC1CSCCN1Cc1cc2ccccc2nc1NN. The van der Waals surface area contributed by atoms with E-state index in [0.29, 0.717) is 6.04 Å². The number of para-hydroxylation sites is 1. The Morgan fingerprint density at radius 1 is 1.45 bits per heavy atom. The van der Waals surface area contributed by atoms with Gasteiger partial charge >= 0.3 is 0 Å². The molecular formula is C15H20N4S. The van der Waals surface area contributed by atoms with Gasteiger partial charge in [0.25, 0.3) is 0 Å². The minimum atomic E-state index is 0.603. The summed E-state index contributed by atoms with van der Waals surface area (Å²) in [5.41, 5.74) is 4.90. The third-order valence-corrected chi connectivity index (χ3v) is 5.01. The van der Waals surface area contributed by atoms with Crippen LogP contribution in [0.25, 0.3) is 10.9 Å². The lowest BCUT2D eigenvalue weighted by atomic mass is 10.1. The van der Waals surface area contributed by atoms with Gasteiger partial charge in [-0.3, -0.25) is 4.90 Å². The van der Waals surface area contributed by atoms with Gasteiger partial charge in [-0.2, -0.15) is 11.8 Å². The number of nitrogens with zero attached hydrogens (tertiary/aromatic N) is 2. The second-order valence-corrected chi connectivity index (χ2v) is 6.38. The van der Waals surface area contributed by atoms with Gasteiger partial charge in [0.15, 0.2) is 0 Å². The largest absolute Gasteiger partial charge is 0.308 e. The van der Waals surface area contributed by atoms with Crippen LogP contribution in [0.2, 0.25) is 0 Å². The van der Waals surface area contributed by atoms with Crippen molar-refractivity contribution in [2.75, 3.05) is 23.5 Å². The van der Waals surface area contributed by atoms with Crippen LogP contribution in [0.1, 0.15) is 12.5 Å². The predicted molar refractivity (Wildman–Crippen MR) is 86.8 cm³/mol. The molecule has 3 N–H and O–H groups in total. The van der Waals surface area contributed by atoms with Crippen LogP contribution in [0.15, 0.2) is 30.3 Å². The van der Waals surface area contributed by atoms with Crippen LogP contribution >= 0.6 is 11.8 Å². The maximum Gasteiger partial charge on any atom is 0.145 e. The molecular weight excluding hydrogens is 268 g/mol. The van der Waals surface area contributed by atoms with Crippen LogP contribution in [0.5, 0.6) is 0 Å². The summed E-state index contributed by atoms with van der Waals surface area (Å²) in [6, 6.07) is 11.0. The molecule has 1 atom stereocenters. The molecule has 106 valence electrons. The summed E-state index contributed by atoms with van der Waals surface area (Å²) < 4.78 is 0. The fourth-order valence-corrected chi connectivity index (χ4v) is 3.70. The van der Waals surface area contributed by atoms with E-state index in [2.05, 4.69) is 34.4 Å². The van der Waals surface area contributed by atoms with Crippen molar-refractivity contribution >= 4 is 28.5 Å². The number of nitrogens with two attached hydrogens (primary N) is 1. The van der Waals surface area contributed by atoms with Gasteiger partial charge in [-0.25, -0.2) is 10.8 Å². The monoisotopic (exact) mass is 288 g/mol. The highest BCUT2D eigenvalue weighted by molar-refractivity contribution is 7.99. The van der Waals surface area contributed by atoms with Crippen LogP contribution in [0, 0.1) is 0 Å². The van der Waals surface area contributed by atoms with Crippen molar-refractivity contribution in [1.29, 1.82) is 0 Å². The van der Waals surface area contributed by atoms with Gasteiger partial charge in [0.2, 0.25) is 0 Å². The molecule has 0 radical (unpaired) electrons. The Bertz CT molecular complexity index is 601. The molecule has 1 aliphatic heterocycles. The summed E-state index contributed by atoms with van der Waals surface area (Å²) in [5.74, 6) is 8.84. The summed E-state index contributed by atoms with van der Waals surface area (Å²) in [4.78, 5) is 7.12. The predicted octanol–water partition coefficient (Wildman–Crippen LogP) is 2.46. The van der Waals surface area contributed by atoms with E-state index in [0.717, 1.165) is 24.4 Å². The normalized spacial score (nSPS) is 20.2. The minimum Gasteiger partial charge on any atom is -0.308 e. The van der Waals surface area contributed by atoms with Crippen molar-refractivity contribution in [1.82, 2.24) is 9.88 Å². The molecule has 0 amide bonds. The van der Waals surface area contributed by atoms with E-state index in [1.165, 1.54) is 22.5 Å². The number of nitrogen functional groups attached to an aromatic ring is 1. The highest BCUT2D eigenvalue weighted by atomic mass is 32.2. The molecule has 3 rings (SSSR count). The van der Waals surface area contributed by atoms with E-state index in [9.17, 15) is 0 Å². The highest BCUT2D eigenvalue weighted by Gasteiger charge is 2.20. The average molecular weight is 288 g/mol. The number of anilines is 1. The zero-order valence-corrected chi connectivity index (χ0v) is 12.5. The van der Waals surface area contributed by atoms with Crippen molar-refractivity contribution in [3.63, 3.8) is 0 Å². The van der Waals surface area contributed by atoms with Gasteiger partial charge in [-0.15, -0.1) is 0 Å². The fraction of sp³-hybridized carbons (Fsp3) is 0.400. The first-order chi connectivity index (χ1) is 9.78. The Morgan fingerprint density at radius 2 is 2.30 bits per heavy atom. The van der Waals surface area contributed by atoms with E-state index in [-0.39, 0.29) is 0 Å². The molecule has 4 nitrogen and oxygen atoms in total. The highest BCUT2D eigenvalue weighted by Crippen LogP contribution is 2.24. The molecule has 0 aliphatic carbocycles. The number of aromatic nitrogens is 1. The Morgan fingerprint density at radius 3 is 3.10 bits per heavy atom. The Labute approximate surface area is 123 Å². The van der Waals surface area contributed by atoms with Gasteiger partial charge < -0.3 is 5.43 Å². The first-order valence-corrected chi connectivity index (χ1v) is 8.10. The van der Waals surface area contributed by atoms with Crippen molar-refractivity contribution in [2.24, 2.45) is 5.84 Å². The summed E-state index contributed by atoms with van der Waals surface area (Å²) in [5, 5.41) is 1.17. The second kappa shape index (κ2) is 5.99. The number of pyridine rings is 1. The zero-order chi connectivity index (χ0) is 13.9. The number of benzene rings is 1. The maximum atomic E-state index is 5.65. The molecule has 2 aromatic rings. The van der Waals surface area contributed by atoms with Crippen LogP contribution < -0.4 is 11.3 Å². The first kappa shape index (κ1) is 13.7. The van der Waals surface area contributed by atoms with Gasteiger partial charge in [0.1, 0.15) is 5.82 Å². The quantitative estimate of drug-likeness (QED) is 0.671. The molecule has 0 spiro atoms. The van der Waals surface area contributed by atoms with Gasteiger partial charge in [0.05, 0.1) is 5.52 Å². The molecule has 2 heterocycles. The molecule has 1 saturated heterocycles. The van der Waals surface area contributed by atoms with Crippen LogP contribution in [-0.2, 0) is 6.54 Å². The summed E-state index contributed by atoms with van der Waals surface area (Å²) in [7, 11) is 0. The minimum absolute atomic E-state index is 0.603. The number of nitrogens with one attached hydrogen (secondary N) is 1. The van der Waals surface area contributed by atoms with Crippen molar-refractivity contribution < 1.29 is 0 Å². The number of hydrogen-bond donors (Lipinski definition) is 2. The number of hydrazine groups is 1. The lowest BCUT2D eigenvalue weighted by Crippen LogP contribution is -2.39. The third kappa shape index (κ3) is 2.75. The lowest BCUT2D eigenvalue weighted by Gasteiger charge is -2.33. The van der Waals surface area contributed by atoms with Crippen molar-refractivity contribution in [3.8, 4) is 0 Å². The van der Waals surface area contributed by atoms with Gasteiger partial charge in [0, 0.05) is 41.6 Å². The van der Waals surface area contributed by atoms with E-state index >= 15 is 0 Å². The molecule has 1 aliphatic rings. The van der Waals surface area contributed by atoms with Gasteiger partial charge in [-0.05, 0) is 19.1 Å². The van der Waals surface area contributed by atoms with Gasteiger partial charge in [-0.1, -0.05) is 18.2 Å². The molecule has 1 fully saturated rings. The Hall–Kier alpha value is -1.30. The Balaban J connectivity index is 1.92. The topological polar surface area (TPSA) is 54.2 Å². The Kier molecular flexibility index (Phi) is 4.10. The standard InChI is InChI=1S/C15H20N4S/c1-11-10-20-7-6-19(11)9-13-8-12-4-2-3-5-14(12)17-15(13)18-16/h2-5,8,11H,6-7,9-10,16H2,1H3,(H,17,18). The molecule has 1 aromatic carbocycles. The molecule has 20 heavy (non-hydrogen) atoms. The smallest absolute Gasteiger partial charge is 0.145 e. The summed E-state index contributed by atoms with van der Waals surface area (Å²) in [6.45, 7) is 4.32. The van der Waals surface area contributed by atoms with Crippen LogP contribution in [0.3, 0.4) is 0 Å². The average Bonchev–Trinajstić information content (AvgIpc) is 2.49. The fourth-order valence-electron chi connectivity index (χ4n) is 2.62. The number of thioether (sulfide) groups is 1. The van der Waals surface area contributed by atoms with Crippen LogP contribution in [0.4, 0.5) is 5.82 Å². The molecule has 1 unspecified atom stereocenters.